The lowest BCUT2D eigenvalue weighted by Gasteiger charge is -2.11. The number of hydrogen-bond donors (Lipinski definition) is 1. The first-order chi connectivity index (χ1) is 10.7. The van der Waals surface area contributed by atoms with E-state index in [4.69, 9.17) is 18.7 Å². The summed E-state index contributed by atoms with van der Waals surface area (Å²) in [7, 11) is 4.61. The van der Waals surface area contributed by atoms with Gasteiger partial charge in [-0.05, 0) is 17.3 Å². The molecule has 1 heterocycles. The molecule has 0 saturated heterocycles. The Morgan fingerprint density at radius 1 is 1.18 bits per heavy atom. The van der Waals surface area contributed by atoms with Crippen LogP contribution in [0.5, 0.6) is 17.4 Å². The summed E-state index contributed by atoms with van der Waals surface area (Å²) >= 11 is 0. The van der Waals surface area contributed by atoms with Gasteiger partial charge in [-0.1, -0.05) is 0 Å². The van der Waals surface area contributed by atoms with Crippen molar-refractivity contribution in [1.82, 2.24) is 5.16 Å². The molecule has 0 spiro atoms. The summed E-state index contributed by atoms with van der Waals surface area (Å²) < 4.78 is 20.3. The maximum Gasteiger partial charge on any atom is 0.254 e. The Hall–Kier alpha value is -2.70. The second kappa shape index (κ2) is 7.35. The van der Waals surface area contributed by atoms with E-state index >= 15 is 0 Å². The van der Waals surface area contributed by atoms with Gasteiger partial charge in [0.2, 0.25) is 5.91 Å². The first-order valence-corrected chi connectivity index (χ1v) is 6.67. The number of aryl methyl sites for hydroxylation is 1. The van der Waals surface area contributed by atoms with Crippen molar-refractivity contribution in [1.29, 1.82) is 0 Å². The van der Waals surface area contributed by atoms with Gasteiger partial charge in [0, 0.05) is 25.0 Å². The third-order valence-electron chi connectivity index (χ3n) is 3.03. The minimum atomic E-state index is -0.154. The van der Waals surface area contributed by atoms with Crippen LogP contribution >= 0.6 is 0 Å². The summed E-state index contributed by atoms with van der Waals surface area (Å²) in [4.78, 5) is 12.0. The number of nitrogens with one attached hydrogen (secondary N) is 1. The third-order valence-corrected chi connectivity index (χ3v) is 3.03. The van der Waals surface area contributed by atoms with E-state index in [2.05, 4.69) is 10.5 Å². The molecule has 1 amide bonds. The molecule has 1 aromatic carbocycles. The van der Waals surface area contributed by atoms with E-state index in [1.807, 2.05) is 0 Å². The molecule has 1 N–H and O–H groups in total. The van der Waals surface area contributed by atoms with Gasteiger partial charge >= 0.3 is 0 Å². The molecule has 0 aliphatic heterocycles. The van der Waals surface area contributed by atoms with Gasteiger partial charge in [-0.3, -0.25) is 4.79 Å². The summed E-state index contributed by atoms with van der Waals surface area (Å²) in [6.45, 7) is 0. The van der Waals surface area contributed by atoms with Gasteiger partial charge in [0.1, 0.15) is 17.3 Å². The Morgan fingerprint density at radius 2 is 2.00 bits per heavy atom. The second-order valence-corrected chi connectivity index (χ2v) is 4.45. The number of methoxy groups -OCH3 is 3. The highest BCUT2D eigenvalue weighted by molar-refractivity contribution is 5.92. The number of aromatic nitrogens is 1. The quantitative estimate of drug-likeness (QED) is 0.845. The molecule has 7 nitrogen and oxygen atoms in total. The van der Waals surface area contributed by atoms with Crippen LogP contribution in [0.15, 0.2) is 28.8 Å². The summed E-state index contributed by atoms with van der Waals surface area (Å²) in [5, 5.41) is 6.47. The Balaban J connectivity index is 1.94. The van der Waals surface area contributed by atoms with Crippen LogP contribution in [0.3, 0.4) is 0 Å². The lowest BCUT2D eigenvalue weighted by atomic mass is 10.2. The molecule has 0 bridgehead atoms. The summed E-state index contributed by atoms with van der Waals surface area (Å²) in [5.74, 6) is 2.03. The molecule has 2 aromatic rings. The predicted octanol–water partition coefficient (Wildman–Crippen LogP) is 2.27. The standard InChI is InChI=1S/C15H18N2O5/c1-19-10-4-6-12(13(8-10)20-2)16-14(18)7-5-11-9-15(21-3)17-22-11/h4,6,8-9H,5,7H2,1-3H3,(H,16,18). The first-order valence-electron chi connectivity index (χ1n) is 6.67. The fourth-order valence-electron chi connectivity index (χ4n) is 1.86. The average Bonchev–Trinajstić information content (AvgIpc) is 3.01. The number of benzene rings is 1. The normalized spacial score (nSPS) is 10.1. The number of carbonyl (C=O) groups excluding carboxylic acids is 1. The first kappa shape index (κ1) is 15.7. The molecule has 0 aliphatic rings. The fourth-order valence-corrected chi connectivity index (χ4v) is 1.86. The fraction of sp³-hybridized carbons (Fsp3) is 0.333. The zero-order chi connectivity index (χ0) is 15.9. The van der Waals surface area contributed by atoms with Crippen LogP contribution in [0.1, 0.15) is 12.2 Å². The largest absolute Gasteiger partial charge is 0.497 e. The Morgan fingerprint density at radius 3 is 2.64 bits per heavy atom. The number of hydrogen-bond acceptors (Lipinski definition) is 6. The van der Waals surface area contributed by atoms with Crippen LogP contribution in [0.4, 0.5) is 5.69 Å². The number of carbonyl (C=O) groups is 1. The molecular formula is C15H18N2O5. The molecule has 2 rings (SSSR count). The van der Waals surface area contributed by atoms with E-state index < -0.39 is 0 Å². The van der Waals surface area contributed by atoms with E-state index in [1.165, 1.54) is 14.2 Å². The Kier molecular flexibility index (Phi) is 5.24. The predicted molar refractivity (Wildman–Crippen MR) is 79.6 cm³/mol. The molecular weight excluding hydrogens is 288 g/mol. The highest BCUT2D eigenvalue weighted by Gasteiger charge is 2.11. The number of nitrogens with zero attached hydrogens (tertiary/aromatic N) is 1. The average molecular weight is 306 g/mol. The van der Waals surface area contributed by atoms with Gasteiger partial charge in [0.15, 0.2) is 0 Å². The van der Waals surface area contributed by atoms with Crippen molar-refractivity contribution in [2.75, 3.05) is 26.6 Å². The minimum absolute atomic E-state index is 0.154. The number of ether oxygens (including phenoxy) is 3. The second-order valence-electron chi connectivity index (χ2n) is 4.45. The minimum Gasteiger partial charge on any atom is -0.497 e. The van der Waals surface area contributed by atoms with Crippen LogP contribution in [-0.4, -0.2) is 32.4 Å². The number of anilines is 1. The van der Waals surface area contributed by atoms with Crippen molar-refractivity contribution in [2.24, 2.45) is 0 Å². The van der Waals surface area contributed by atoms with E-state index in [0.29, 0.717) is 35.2 Å². The van der Waals surface area contributed by atoms with Gasteiger partial charge in [-0.2, -0.15) is 0 Å². The lowest BCUT2D eigenvalue weighted by Crippen LogP contribution is -2.13. The Labute approximate surface area is 128 Å². The zero-order valence-corrected chi connectivity index (χ0v) is 12.7. The van der Waals surface area contributed by atoms with E-state index in [1.54, 1.807) is 31.4 Å². The van der Waals surface area contributed by atoms with Crippen LogP contribution in [0, 0.1) is 0 Å². The molecule has 0 unspecified atom stereocenters. The summed E-state index contributed by atoms with van der Waals surface area (Å²) in [6, 6.07) is 6.84. The molecule has 7 heteroatoms. The van der Waals surface area contributed by atoms with Gasteiger partial charge in [0.05, 0.1) is 27.0 Å². The highest BCUT2D eigenvalue weighted by Crippen LogP contribution is 2.29. The summed E-state index contributed by atoms with van der Waals surface area (Å²) in [5.41, 5.74) is 0.587. The molecule has 0 fully saturated rings. The summed E-state index contributed by atoms with van der Waals surface area (Å²) in [6.07, 6.45) is 0.689. The maximum atomic E-state index is 12.0. The van der Waals surface area contributed by atoms with Gasteiger partial charge in [-0.25, -0.2) is 0 Å². The van der Waals surface area contributed by atoms with Crippen molar-refractivity contribution in [3.63, 3.8) is 0 Å². The number of rotatable bonds is 7. The third kappa shape index (κ3) is 3.91. The smallest absolute Gasteiger partial charge is 0.254 e. The van der Waals surface area contributed by atoms with Crippen molar-refractivity contribution in [3.8, 4) is 17.4 Å². The lowest BCUT2D eigenvalue weighted by molar-refractivity contribution is -0.116. The van der Waals surface area contributed by atoms with Gasteiger partial charge < -0.3 is 24.1 Å². The van der Waals surface area contributed by atoms with Gasteiger partial charge in [0.25, 0.3) is 5.88 Å². The van der Waals surface area contributed by atoms with Crippen LogP contribution in [0.25, 0.3) is 0 Å². The topological polar surface area (TPSA) is 82.8 Å². The van der Waals surface area contributed by atoms with E-state index in [-0.39, 0.29) is 12.3 Å². The van der Waals surface area contributed by atoms with Crippen molar-refractivity contribution in [3.05, 3.63) is 30.0 Å². The Bertz CT molecular complexity index is 639. The molecule has 118 valence electrons. The van der Waals surface area contributed by atoms with Gasteiger partial charge in [-0.15, -0.1) is 0 Å². The molecule has 22 heavy (non-hydrogen) atoms. The van der Waals surface area contributed by atoms with Crippen molar-refractivity contribution < 1.29 is 23.5 Å². The highest BCUT2D eigenvalue weighted by atomic mass is 16.5. The van der Waals surface area contributed by atoms with E-state index in [9.17, 15) is 4.79 Å². The van der Waals surface area contributed by atoms with Crippen LogP contribution in [0.2, 0.25) is 0 Å². The molecule has 0 saturated carbocycles. The van der Waals surface area contributed by atoms with E-state index in [0.717, 1.165) is 0 Å². The van der Waals surface area contributed by atoms with Crippen LogP contribution < -0.4 is 19.5 Å². The van der Waals surface area contributed by atoms with Crippen molar-refractivity contribution >= 4 is 11.6 Å². The zero-order valence-electron chi connectivity index (χ0n) is 12.7. The van der Waals surface area contributed by atoms with Crippen molar-refractivity contribution in [2.45, 2.75) is 12.8 Å². The molecule has 0 atom stereocenters. The monoisotopic (exact) mass is 306 g/mol. The SMILES string of the molecule is COc1ccc(NC(=O)CCc2cc(OC)no2)c(OC)c1. The molecule has 1 aromatic heterocycles. The number of amides is 1. The van der Waals surface area contributed by atoms with Crippen LogP contribution in [-0.2, 0) is 11.2 Å². The molecule has 0 radical (unpaired) electrons. The maximum absolute atomic E-state index is 12.0. The molecule has 0 aliphatic carbocycles.